The fourth-order valence-corrected chi connectivity index (χ4v) is 5.97. The molecule has 2 aromatic rings. The van der Waals surface area contributed by atoms with Gasteiger partial charge in [0, 0.05) is 32.9 Å². The van der Waals surface area contributed by atoms with Gasteiger partial charge >= 0.3 is 5.97 Å². The van der Waals surface area contributed by atoms with E-state index in [1.807, 2.05) is 52.0 Å². The van der Waals surface area contributed by atoms with E-state index in [9.17, 15) is 17.4 Å². The lowest BCUT2D eigenvalue weighted by Crippen LogP contribution is -2.42. The van der Waals surface area contributed by atoms with Gasteiger partial charge in [0.15, 0.2) is 0 Å². The molecule has 1 N–H and O–H groups in total. The third kappa shape index (κ3) is 8.02. The summed E-state index contributed by atoms with van der Waals surface area (Å²) in [6.07, 6.45) is -0.753. The van der Waals surface area contributed by atoms with Crippen molar-refractivity contribution in [1.82, 2.24) is 4.72 Å². The van der Waals surface area contributed by atoms with Gasteiger partial charge in [-0.2, -0.15) is 0 Å². The molecule has 0 aliphatic heterocycles. The van der Waals surface area contributed by atoms with Crippen LogP contribution < -0.4 is 4.72 Å². The van der Waals surface area contributed by atoms with Crippen LogP contribution in [-0.2, 0) is 30.4 Å². The number of halogens is 1. The van der Waals surface area contributed by atoms with E-state index in [0.29, 0.717) is 5.56 Å². The van der Waals surface area contributed by atoms with E-state index in [1.165, 1.54) is 6.92 Å². The number of benzene rings is 2. The first kappa shape index (κ1) is 27.7. The molecule has 33 heavy (non-hydrogen) atoms. The number of rotatable bonds is 9. The van der Waals surface area contributed by atoms with Crippen molar-refractivity contribution in [2.24, 2.45) is 5.92 Å². The Kier molecular flexibility index (Phi) is 9.44. The molecular formula is C24H32BrNO5S2. The van der Waals surface area contributed by atoms with E-state index >= 15 is 0 Å². The van der Waals surface area contributed by atoms with Crippen LogP contribution in [0.1, 0.15) is 51.8 Å². The molecule has 2 rings (SSSR count). The lowest BCUT2D eigenvalue weighted by molar-refractivity contribution is -0.147. The van der Waals surface area contributed by atoms with Gasteiger partial charge in [0.1, 0.15) is 6.10 Å². The quantitative estimate of drug-likeness (QED) is 0.443. The lowest BCUT2D eigenvalue weighted by atomic mass is 9.91. The second kappa shape index (κ2) is 11.3. The summed E-state index contributed by atoms with van der Waals surface area (Å²) in [6, 6.07) is 13.1. The standard InChI is InChI=1S/C24H32BrNO5S2/c1-16-7-13-21(14-8-16)33(29,30)26-23(19-9-11-20(25)12-10-19)17(2)22(31-18(3)27)15-32(28)24(4,5)6/h7-14,17,22-23,26H,15H2,1-6H3/t17-,22+,23+,32?/m0/s1. The first-order chi connectivity index (χ1) is 15.2. The van der Waals surface area contributed by atoms with Crippen molar-refractivity contribution < 1.29 is 22.2 Å². The number of hydrogen-bond donors (Lipinski definition) is 1. The number of ether oxygens (including phenoxy) is 1. The van der Waals surface area contributed by atoms with Gasteiger partial charge in [-0.25, -0.2) is 13.1 Å². The van der Waals surface area contributed by atoms with Gasteiger partial charge < -0.3 is 4.74 Å². The van der Waals surface area contributed by atoms with Crippen molar-refractivity contribution in [3.05, 3.63) is 64.1 Å². The Morgan fingerprint density at radius 1 is 1.09 bits per heavy atom. The summed E-state index contributed by atoms with van der Waals surface area (Å²) in [5.74, 6) is -0.904. The fourth-order valence-electron chi connectivity index (χ4n) is 3.22. The van der Waals surface area contributed by atoms with Gasteiger partial charge in [-0.3, -0.25) is 9.00 Å². The molecule has 0 heterocycles. The van der Waals surface area contributed by atoms with E-state index in [1.54, 1.807) is 31.2 Å². The third-order valence-corrected chi connectivity index (χ3v) is 9.25. The fraction of sp³-hybridized carbons (Fsp3) is 0.458. The molecule has 0 radical (unpaired) electrons. The zero-order valence-corrected chi connectivity index (χ0v) is 23.0. The molecule has 9 heteroatoms. The van der Waals surface area contributed by atoms with Crippen LogP contribution in [0.25, 0.3) is 0 Å². The van der Waals surface area contributed by atoms with E-state index in [4.69, 9.17) is 4.74 Å². The molecule has 0 spiro atoms. The molecule has 0 aliphatic rings. The zero-order valence-electron chi connectivity index (χ0n) is 19.8. The van der Waals surface area contributed by atoms with Crippen LogP contribution in [0.15, 0.2) is 57.9 Å². The molecule has 0 saturated carbocycles. The molecule has 0 bridgehead atoms. The van der Waals surface area contributed by atoms with Crippen molar-refractivity contribution in [2.45, 2.75) is 63.3 Å². The van der Waals surface area contributed by atoms with Crippen LogP contribution in [0.3, 0.4) is 0 Å². The first-order valence-electron chi connectivity index (χ1n) is 10.6. The summed E-state index contributed by atoms with van der Waals surface area (Å²) in [5, 5.41) is 0. The van der Waals surface area contributed by atoms with Crippen molar-refractivity contribution in [1.29, 1.82) is 0 Å². The van der Waals surface area contributed by atoms with Crippen molar-refractivity contribution in [3.63, 3.8) is 0 Å². The van der Waals surface area contributed by atoms with Crippen LogP contribution in [0.4, 0.5) is 0 Å². The Bertz CT molecular complexity index is 1080. The van der Waals surface area contributed by atoms with Gasteiger partial charge in [0.25, 0.3) is 0 Å². The van der Waals surface area contributed by atoms with Crippen LogP contribution in [0.5, 0.6) is 0 Å². The average Bonchev–Trinajstić information content (AvgIpc) is 2.71. The molecular weight excluding hydrogens is 526 g/mol. The molecule has 4 atom stereocenters. The first-order valence-corrected chi connectivity index (χ1v) is 14.2. The molecule has 2 aromatic carbocycles. The van der Waals surface area contributed by atoms with Gasteiger partial charge in [-0.1, -0.05) is 52.7 Å². The topological polar surface area (TPSA) is 89.5 Å². The molecule has 1 unspecified atom stereocenters. The maximum absolute atomic E-state index is 13.2. The molecule has 6 nitrogen and oxygen atoms in total. The summed E-state index contributed by atoms with van der Waals surface area (Å²) < 4.78 is 48.1. The minimum Gasteiger partial charge on any atom is -0.461 e. The van der Waals surface area contributed by atoms with E-state index in [-0.39, 0.29) is 10.6 Å². The van der Waals surface area contributed by atoms with E-state index < -0.39 is 49.6 Å². The monoisotopic (exact) mass is 557 g/mol. The second-order valence-electron chi connectivity index (χ2n) is 9.10. The van der Waals surface area contributed by atoms with Gasteiger partial charge in [0.2, 0.25) is 10.0 Å². The highest BCUT2D eigenvalue weighted by Gasteiger charge is 2.35. The maximum Gasteiger partial charge on any atom is 0.302 e. The highest BCUT2D eigenvalue weighted by molar-refractivity contribution is 9.10. The smallest absolute Gasteiger partial charge is 0.302 e. The highest BCUT2D eigenvalue weighted by Crippen LogP contribution is 2.31. The predicted molar refractivity (Wildman–Crippen MR) is 136 cm³/mol. The van der Waals surface area contributed by atoms with Crippen LogP contribution >= 0.6 is 15.9 Å². The summed E-state index contributed by atoms with van der Waals surface area (Å²) in [7, 11) is -5.18. The van der Waals surface area contributed by atoms with Gasteiger partial charge in [0.05, 0.1) is 16.7 Å². The SMILES string of the molecule is CC(=O)O[C@H](CS(=O)C(C)(C)C)[C@H](C)[C@@H](NS(=O)(=O)c1ccc(C)cc1)c1ccc(Br)cc1. The summed E-state index contributed by atoms with van der Waals surface area (Å²) in [4.78, 5) is 12.0. The zero-order chi connectivity index (χ0) is 25.0. The number of esters is 1. The Morgan fingerprint density at radius 2 is 1.64 bits per heavy atom. The van der Waals surface area contributed by atoms with Crippen LogP contribution in [0.2, 0.25) is 0 Å². The summed E-state index contributed by atoms with van der Waals surface area (Å²) in [6.45, 7) is 10.5. The molecule has 0 amide bonds. The largest absolute Gasteiger partial charge is 0.461 e. The number of carbonyl (C=O) groups is 1. The molecule has 0 saturated heterocycles. The number of nitrogens with one attached hydrogen (secondary N) is 1. The van der Waals surface area contributed by atoms with Crippen LogP contribution in [-0.4, -0.2) is 35.2 Å². The highest BCUT2D eigenvalue weighted by atomic mass is 79.9. The predicted octanol–water partition coefficient (Wildman–Crippen LogP) is 4.89. The molecule has 0 fully saturated rings. The molecule has 182 valence electrons. The Labute approximate surface area is 208 Å². The van der Waals surface area contributed by atoms with Crippen molar-refractivity contribution in [2.75, 3.05) is 5.75 Å². The number of hydrogen-bond acceptors (Lipinski definition) is 5. The van der Waals surface area contributed by atoms with E-state index in [2.05, 4.69) is 20.7 Å². The number of carbonyl (C=O) groups excluding carboxylic acids is 1. The number of sulfonamides is 1. The normalized spacial score (nSPS) is 16.0. The maximum atomic E-state index is 13.2. The van der Waals surface area contributed by atoms with E-state index in [0.717, 1.165) is 10.0 Å². The Hall–Kier alpha value is -1.55. The second-order valence-corrected chi connectivity index (χ2v) is 14.0. The average molecular weight is 559 g/mol. The Morgan fingerprint density at radius 3 is 2.12 bits per heavy atom. The van der Waals surface area contributed by atoms with Gasteiger partial charge in [-0.05, 0) is 57.5 Å². The van der Waals surface area contributed by atoms with Crippen molar-refractivity contribution in [3.8, 4) is 0 Å². The summed E-state index contributed by atoms with van der Waals surface area (Å²) in [5.41, 5.74) is 1.66. The third-order valence-electron chi connectivity index (χ3n) is 5.27. The number of aryl methyl sites for hydroxylation is 1. The Balaban J connectivity index is 2.48. The lowest BCUT2D eigenvalue weighted by Gasteiger charge is -2.32. The van der Waals surface area contributed by atoms with Crippen LogP contribution in [0, 0.1) is 12.8 Å². The minimum atomic E-state index is -3.88. The molecule has 0 aliphatic carbocycles. The van der Waals surface area contributed by atoms with Crippen molar-refractivity contribution >= 4 is 42.7 Å². The summed E-state index contributed by atoms with van der Waals surface area (Å²) >= 11 is 3.40. The molecule has 0 aromatic heterocycles. The van der Waals surface area contributed by atoms with Gasteiger partial charge in [-0.15, -0.1) is 0 Å². The minimum absolute atomic E-state index is 0.101.